The van der Waals surface area contributed by atoms with Gasteiger partial charge in [0.15, 0.2) is 17.4 Å². The molecule has 0 unspecified atom stereocenters. The van der Waals surface area contributed by atoms with Gasteiger partial charge in [0.2, 0.25) is 0 Å². The molecule has 0 rings (SSSR count). The number of rotatable bonds is 0. The maximum absolute atomic E-state index is 2.12. The average Bonchev–Trinajstić information content (AvgIpc) is 0.722. The highest BCUT2D eigenvalue weighted by Gasteiger charge is 1.88. The number of quaternary nitrogens is 1. The van der Waals surface area contributed by atoms with Gasteiger partial charge >= 0.3 is 0 Å². The summed E-state index contributed by atoms with van der Waals surface area (Å²) < 4.78 is 1.00. The fourth-order valence-corrected chi connectivity index (χ4v) is 0. The van der Waals surface area contributed by atoms with Crippen molar-refractivity contribution in [3.63, 3.8) is 0 Å². The number of hydrogen-bond acceptors (Lipinski definition) is 0. The maximum Gasteiger partial charge on any atom is 0.187 e. The van der Waals surface area contributed by atoms with Crippen molar-refractivity contribution in [2.75, 3.05) is 28.2 Å². The number of nitrogens with zero attached hydrogens (tertiary/aromatic N) is 1. The zero-order valence-corrected chi connectivity index (χ0v) is 4.45. The molecular weight excluding hydrogens is 89.0 g/mol. The van der Waals surface area contributed by atoms with E-state index in [1.165, 1.54) is 0 Å². The molecule has 0 fully saturated rings. The summed E-state index contributed by atoms with van der Waals surface area (Å²) >= 11 is 0. The van der Waals surface area contributed by atoms with Crippen molar-refractivity contribution < 1.29 is 5.91 Å². The van der Waals surface area contributed by atoms with E-state index in [-0.39, 0.29) is 18.8 Å². The van der Waals surface area contributed by atoms with Crippen LogP contribution >= 0.6 is 0 Å². The summed E-state index contributed by atoms with van der Waals surface area (Å²) in [5.41, 5.74) is 0. The highest BCUT2D eigenvalue weighted by molar-refractivity contribution is 5.75. The van der Waals surface area contributed by atoms with Crippen LogP contribution in [-0.2, 0) is 0 Å². The first-order valence-electron chi connectivity index (χ1n) is 1.79. The minimum atomic E-state index is 0. The molecule has 0 spiro atoms. The Kier molecular flexibility index (Phi) is 4.25. The third-order valence-corrected chi connectivity index (χ3v) is 0. The van der Waals surface area contributed by atoms with Gasteiger partial charge in [-0.3, -0.25) is 0 Å². The predicted molar refractivity (Wildman–Crippen MR) is 35.0 cm³/mol. The molecule has 1 nitrogen and oxygen atoms in total. The summed E-state index contributed by atoms with van der Waals surface area (Å²) in [5, 5.41) is 0. The smallest absolute Gasteiger partial charge is 0.187 e. The van der Waals surface area contributed by atoms with Gasteiger partial charge in [-0.1, -0.05) is 0 Å². The average molecular weight is 105 g/mol. The lowest BCUT2D eigenvalue weighted by Gasteiger charge is -2.14. The second-order valence-corrected chi connectivity index (χ2v) is 2.68. The third kappa shape index (κ3) is 226. The molecule has 40 valence electrons. The predicted octanol–water partition coefficient (Wildman–Crippen LogP) is -0.749. The van der Waals surface area contributed by atoms with Crippen molar-refractivity contribution in [2.24, 2.45) is 0 Å². The van der Waals surface area contributed by atoms with Gasteiger partial charge in [-0.15, -0.1) is 0 Å². The molecule has 0 aliphatic rings. The molecule has 0 aliphatic heterocycles. The molecule has 0 saturated carbocycles. The van der Waals surface area contributed by atoms with E-state index >= 15 is 0 Å². The van der Waals surface area contributed by atoms with E-state index < -0.39 is 0 Å². The van der Waals surface area contributed by atoms with E-state index in [0.717, 1.165) is 4.48 Å². The summed E-state index contributed by atoms with van der Waals surface area (Å²) in [7, 11) is 8.50. The normalized spacial score (nSPS) is 10.0. The standard InChI is InChI=1S/C4H12N.Al.4H/c1-5(2,3)4;;;;;/h1-4H3;;;;;/q+1;;;;;-1. The zero-order chi connectivity index (χ0) is 4.50. The molecule has 2 heteroatoms. The summed E-state index contributed by atoms with van der Waals surface area (Å²) in [5.74, 6) is 0. The van der Waals surface area contributed by atoms with Crippen molar-refractivity contribution >= 4 is 17.4 Å². The Balaban J connectivity index is -0.0000000800. The molecule has 0 radical (unpaired) electrons. The van der Waals surface area contributed by atoms with Crippen LogP contribution in [0.25, 0.3) is 0 Å². The Hall–Kier alpha value is 0.492. The summed E-state index contributed by atoms with van der Waals surface area (Å²) in [6, 6.07) is 0. The zero-order valence-electron chi connectivity index (χ0n) is 5.45. The lowest BCUT2D eigenvalue weighted by atomic mass is 10.8. The van der Waals surface area contributed by atoms with Crippen LogP contribution in [0.1, 0.15) is 1.43 Å². The molecule has 0 aromatic rings. The van der Waals surface area contributed by atoms with Gasteiger partial charge in [0.25, 0.3) is 0 Å². The van der Waals surface area contributed by atoms with Gasteiger partial charge in [0.05, 0.1) is 28.2 Å². The van der Waals surface area contributed by atoms with E-state index in [9.17, 15) is 0 Å². The second-order valence-electron chi connectivity index (χ2n) is 2.68. The Labute approximate surface area is 52.2 Å². The van der Waals surface area contributed by atoms with Gasteiger partial charge in [0.1, 0.15) is 0 Å². The van der Waals surface area contributed by atoms with E-state index in [1.54, 1.807) is 0 Å². The molecule has 0 aromatic heterocycles. The molecular formula is C4H16AlN. The van der Waals surface area contributed by atoms with Gasteiger partial charge in [-0.2, -0.15) is 0 Å². The fraction of sp³-hybridized carbons (Fsp3) is 1.00. The Morgan fingerprint density at radius 1 is 1.00 bits per heavy atom. The third-order valence-electron chi connectivity index (χ3n) is 0. The van der Waals surface area contributed by atoms with Gasteiger partial charge < -0.3 is 5.91 Å². The first-order chi connectivity index (χ1) is 2.00. The van der Waals surface area contributed by atoms with Crippen LogP contribution in [0, 0.1) is 0 Å². The monoisotopic (exact) mass is 105 g/mol. The molecule has 0 bridgehead atoms. The first kappa shape index (κ1) is 9.70. The Morgan fingerprint density at radius 2 is 1.00 bits per heavy atom. The highest BCUT2D eigenvalue weighted by Crippen LogP contribution is 1.73. The summed E-state index contributed by atoms with van der Waals surface area (Å²) in [6.07, 6.45) is 0. The van der Waals surface area contributed by atoms with Crippen LogP contribution < -0.4 is 0 Å². The van der Waals surface area contributed by atoms with Crippen molar-refractivity contribution in [1.82, 2.24) is 0 Å². The topological polar surface area (TPSA) is 0 Å². The van der Waals surface area contributed by atoms with Crippen LogP contribution in [-0.4, -0.2) is 50.0 Å². The van der Waals surface area contributed by atoms with Gasteiger partial charge in [0, 0.05) is 0 Å². The summed E-state index contributed by atoms with van der Waals surface area (Å²) in [6.45, 7) is 0. The minimum Gasteiger partial charge on any atom is -1.00 e. The van der Waals surface area contributed by atoms with Crippen molar-refractivity contribution in [1.29, 1.82) is 0 Å². The van der Waals surface area contributed by atoms with E-state index in [4.69, 9.17) is 0 Å². The first-order valence-corrected chi connectivity index (χ1v) is 1.79. The molecule has 0 aromatic carbocycles. The highest BCUT2D eigenvalue weighted by atomic mass is 27.0. The molecule has 0 saturated heterocycles. The molecule has 0 amide bonds. The lowest BCUT2D eigenvalue weighted by molar-refractivity contribution is -0.849. The quantitative estimate of drug-likeness (QED) is 0.281. The van der Waals surface area contributed by atoms with Crippen LogP contribution in [0.5, 0.6) is 0 Å². The molecule has 0 heterocycles. The lowest BCUT2D eigenvalue weighted by Crippen LogP contribution is -2.27. The summed E-state index contributed by atoms with van der Waals surface area (Å²) in [4.78, 5) is 0. The largest absolute Gasteiger partial charge is 1.00 e. The Morgan fingerprint density at radius 3 is 1.00 bits per heavy atom. The van der Waals surface area contributed by atoms with Crippen molar-refractivity contribution in [3.8, 4) is 0 Å². The molecule has 6 heavy (non-hydrogen) atoms. The molecule has 0 aliphatic carbocycles. The Bertz CT molecular complexity index is 27.2. The van der Waals surface area contributed by atoms with Crippen molar-refractivity contribution in [3.05, 3.63) is 0 Å². The van der Waals surface area contributed by atoms with Crippen LogP contribution in [0.4, 0.5) is 0 Å². The van der Waals surface area contributed by atoms with Crippen LogP contribution in [0.2, 0.25) is 0 Å². The minimum absolute atomic E-state index is 0. The van der Waals surface area contributed by atoms with E-state index in [1.807, 2.05) is 0 Å². The molecule has 0 N–H and O–H groups in total. The van der Waals surface area contributed by atoms with Crippen LogP contribution in [0.3, 0.4) is 0 Å². The van der Waals surface area contributed by atoms with Crippen LogP contribution in [0.15, 0.2) is 0 Å². The van der Waals surface area contributed by atoms with E-state index in [2.05, 4.69) is 28.2 Å². The molecule has 0 atom stereocenters. The second kappa shape index (κ2) is 2.63. The van der Waals surface area contributed by atoms with Crippen molar-refractivity contribution in [2.45, 2.75) is 0 Å². The maximum atomic E-state index is 2.12. The number of hydrogen-bond donors (Lipinski definition) is 0. The van der Waals surface area contributed by atoms with Gasteiger partial charge in [-0.05, 0) is 0 Å². The fourth-order valence-electron chi connectivity index (χ4n) is 0. The van der Waals surface area contributed by atoms with E-state index in [0.29, 0.717) is 0 Å². The van der Waals surface area contributed by atoms with Gasteiger partial charge in [-0.25, -0.2) is 0 Å². The SMILES string of the molecule is C[N+](C)(C)C.[AlH3].[H-].